The summed E-state index contributed by atoms with van der Waals surface area (Å²) in [6.07, 6.45) is 1.62. The number of aromatic nitrogens is 1. The average molecular weight is 501 g/mol. The average Bonchev–Trinajstić information content (AvgIpc) is 3.36. The molecule has 0 spiro atoms. The number of carbonyl (C=O) groups excluding carboxylic acids is 3. The fourth-order valence-corrected chi connectivity index (χ4v) is 4.39. The number of hydrogen-bond acceptors (Lipinski definition) is 4. The van der Waals surface area contributed by atoms with E-state index in [-0.39, 0.29) is 29.9 Å². The van der Waals surface area contributed by atoms with Crippen molar-refractivity contribution >= 4 is 35.1 Å². The second-order valence-corrected chi connectivity index (χ2v) is 9.30. The van der Waals surface area contributed by atoms with E-state index in [1.165, 1.54) is 0 Å². The van der Waals surface area contributed by atoms with E-state index in [2.05, 4.69) is 20.9 Å². The Kier molecular flexibility index (Phi) is 7.59. The van der Waals surface area contributed by atoms with Gasteiger partial charge < -0.3 is 25.7 Å². The molecule has 1 aliphatic rings. The molecular formula is C29H32N4O4. The molecule has 4 N–H and O–H groups in total. The van der Waals surface area contributed by atoms with Crippen LogP contribution in [-0.4, -0.2) is 42.5 Å². The maximum Gasteiger partial charge on any atom is 0.256 e. The number of ether oxygens (including phenoxy) is 1. The first-order chi connectivity index (χ1) is 17.7. The highest BCUT2D eigenvalue weighted by Crippen LogP contribution is 2.35. The van der Waals surface area contributed by atoms with Crippen LogP contribution in [0.1, 0.15) is 68.7 Å². The standard InChI is InChI=1S/C29H32N4O4/c1-16(37-5)15-30-29(36)26-17(2)25(31-19(26)4)14-23-22-13-21(11-12-24(22)33-28(23)35)27(34)32-18(3)20-9-7-6-8-10-20/h6-14,16,18,31H,15H2,1-5H3,(H,30,36)(H,32,34)(H,33,35)/b23-14-/t16-,18-/m1/s1. The van der Waals surface area contributed by atoms with Crippen LogP contribution in [0.2, 0.25) is 0 Å². The van der Waals surface area contributed by atoms with Gasteiger partial charge in [-0.2, -0.15) is 0 Å². The van der Waals surface area contributed by atoms with Gasteiger partial charge >= 0.3 is 0 Å². The molecule has 0 fully saturated rings. The van der Waals surface area contributed by atoms with E-state index in [4.69, 9.17) is 4.74 Å². The molecule has 8 nitrogen and oxygen atoms in total. The van der Waals surface area contributed by atoms with Crippen molar-refractivity contribution in [3.05, 3.63) is 87.7 Å². The Morgan fingerprint density at radius 3 is 2.49 bits per heavy atom. The number of aromatic amines is 1. The van der Waals surface area contributed by atoms with Crippen LogP contribution in [0.25, 0.3) is 11.6 Å². The SMILES string of the molecule is CO[C@H](C)CNC(=O)c1c(C)[nH]c(/C=C2\C(=O)Nc3ccc(C(=O)N[C@H](C)c4ccccc4)cc32)c1C. The Labute approximate surface area is 216 Å². The molecule has 3 aromatic rings. The highest BCUT2D eigenvalue weighted by atomic mass is 16.5. The van der Waals surface area contributed by atoms with E-state index in [1.807, 2.05) is 58.0 Å². The molecule has 3 amide bonds. The second kappa shape index (κ2) is 10.8. The summed E-state index contributed by atoms with van der Waals surface area (Å²) in [5.74, 6) is -0.701. The lowest BCUT2D eigenvalue weighted by Gasteiger charge is -2.14. The number of benzene rings is 2. The summed E-state index contributed by atoms with van der Waals surface area (Å²) in [6, 6.07) is 14.7. The molecule has 1 aliphatic heterocycles. The van der Waals surface area contributed by atoms with E-state index < -0.39 is 0 Å². The van der Waals surface area contributed by atoms with Crippen molar-refractivity contribution in [2.24, 2.45) is 0 Å². The maximum absolute atomic E-state index is 13.0. The van der Waals surface area contributed by atoms with Crippen molar-refractivity contribution < 1.29 is 19.1 Å². The van der Waals surface area contributed by atoms with Gasteiger partial charge in [-0.25, -0.2) is 0 Å². The van der Waals surface area contributed by atoms with E-state index in [0.29, 0.717) is 45.9 Å². The molecule has 37 heavy (non-hydrogen) atoms. The Morgan fingerprint density at radius 2 is 1.78 bits per heavy atom. The zero-order chi connectivity index (χ0) is 26.7. The highest BCUT2D eigenvalue weighted by molar-refractivity contribution is 6.35. The van der Waals surface area contributed by atoms with Crippen LogP contribution in [0.3, 0.4) is 0 Å². The van der Waals surface area contributed by atoms with Gasteiger partial charge in [0.1, 0.15) is 0 Å². The highest BCUT2D eigenvalue weighted by Gasteiger charge is 2.27. The lowest BCUT2D eigenvalue weighted by atomic mass is 10.0. The predicted molar refractivity (Wildman–Crippen MR) is 144 cm³/mol. The van der Waals surface area contributed by atoms with Gasteiger partial charge in [-0.1, -0.05) is 30.3 Å². The third-order valence-corrected chi connectivity index (χ3v) is 6.66. The van der Waals surface area contributed by atoms with Crippen LogP contribution >= 0.6 is 0 Å². The minimum absolute atomic E-state index is 0.106. The molecule has 0 saturated carbocycles. The molecular weight excluding hydrogens is 468 g/mol. The fourth-order valence-electron chi connectivity index (χ4n) is 4.39. The Hall–Kier alpha value is -4.17. The lowest BCUT2D eigenvalue weighted by molar-refractivity contribution is -0.110. The van der Waals surface area contributed by atoms with Crippen molar-refractivity contribution in [1.82, 2.24) is 15.6 Å². The van der Waals surface area contributed by atoms with Crippen LogP contribution in [0.15, 0.2) is 48.5 Å². The van der Waals surface area contributed by atoms with E-state index in [9.17, 15) is 14.4 Å². The monoisotopic (exact) mass is 500 g/mol. The first kappa shape index (κ1) is 25.9. The quantitative estimate of drug-likeness (QED) is 0.344. The summed E-state index contributed by atoms with van der Waals surface area (Å²) in [5, 5.41) is 8.75. The third kappa shape index (κ3) is 5.49. The number of hydrogen-bond donors (Lipinski definition) is 4. The van der Waals surface area contributed by atoms with Crippen molar-refractivity contribution in [1.29, 1.82) is 0 Å². The molecule has 2 heterocycles. The summed E-state index contributed by atoms with van der Waals surface area (Å²) in [7, 11) is 1.59. The number of carbonyl (C=O) groups is 3. The van der Waals surface area contributed by atoms with Gasteiger partial charge in [-0.15, -0.1) is 0 Å². The summed E-state index contributed by atoms with van der Waals surface area (Å²) < 4.78 is 5.20. The lowest BCUT2D eigenvalue weighted by Crippen LogP contribution is -2.32. The smallest absolute Gasteiger partial charge is 0.256 e. The summed E-state index contributed by atoms with van der Waals surface area (Å²) >= 11 is 0. The second-order valence-electron chi connectivity index (χ2n) is 9.30. The summed E-state index contributed by atoms with van der Waals surface area (Å²) in [5.41, 5.74) is 5.79. The summed E-state index contributed by atoms with van der Waals surface area (Å²) in [6.45, 7) is 7.85. The molecule has 2 aromatic carbocycles. The van der Waals surface area contributed by atoms with Crippen molar-refractivity contribution in [3.8, 4) is 0 Å². The molecule has 0 radical (unpaired) electrons. The third-order valence-electron chi connectivity index (χ3n) is 6.66. The largest absolute Gasteiger partial charge is 0.380 e. The van der Waals surface area contributed by atoms with Gasteiger partial charge in [-0.05, 0) is 63.1 Å². The molecule has 0 bridgehead atoms. The molecule has 0 aliphatic carbocycles. The fraction of sp³-hybridized carbons (Fsp3) is 0.276. The van der Waals surface area contributed by atoms with Crippen LogP contribution in [0, 0.1) is 13.8 Å². The van der Waals surface area contributed by atoms with Gasteiger partial charge in [0.05, 0.1) is 23.3 Å². The Bertz CT molecular complexity index is 1370. The van der Waals surface area contributed by atoms with Crippen molar-refractivity contribution in [3.63, 3.8) is 0 Å². The number of anilines is 1. The van der Waals surface area contributed by atoms with Gasteiger partial charge in [0.15, 0.2) is 0 Å². The topological polar surface area (TPSA) is 112 Å². The number of aryl methyl sites for hydroxylation is 1. The van der Waals surface area contributed by atoms with E-state index in [0.717, 1.165) is 11.1 Å². The van der Waals surface area contributed by atoms with Gasteiger partial charge in [-0.3, -0.25) is 14.4 Å². The van der Waals surface area contributed by atoms with E-state index >= 15 is 0 Å². The van der Waals surface area contributed by atoms with Gasteiger partial charge in [0.25, 0.3) is 17.7 Å². The minimum Gasteiger partial charge on any atom is -0.380 e. The maximum atomic E-state index is 13.0. The number of amides is 3. The summed E-state index contributed by atoms with van der Waals surface area (Å²) in [4.78, 5) is 41.9. The van der Waals surface area contributed by atoms with Crippen molar-refractivity contribution in [2.45, 2.75) is 39.8 Å². The molecule has 0 saturated heterocycles. The first-order valence-corrected chi connectivity index (χ1v) is 12.2. The van der Waals surface area contributed by atoms with Crippen LogP contribution in [0.5, 0.6) is 0 Å². The predicted octanol–water partition coefficient (Wildman–Crippen LogP) is 4.38. The molecule has 8 heteroatoms. The number of nitrogens with one attached hydrogen (secondary N) is 4. The zero-order valence-corrected chi connectivity index (χ0v) is 21.7. The molecule has 192 valence electrons. The Balaban J connectivity index is 1.59. The Morgan fingerprint density at radius 1 is 1.05 bits per heavy atom. The molecule has 2 atom stereocenters. The number of fused-ring (bicyclic) bond motifs is 1. The van der Waals surface area contributed by atoms with Crippen LogP contribution < -0.4 is 16.0 Å². The molecule has 4 rings (SSSR count). The van der Waals surface area contributed by atoms with Gasteiger partial charge in [0, 0.05) is 41.9 Å². The van der Waals surface area contributed by atoms with Crippen LogP contribution in [-0.2, 0) is 9.53 Å². The normalized spacial score (nSPS) is 15.2. The number of rotatable bonds is 8. The minimum atomic E-state index is -0.267. The molecule has 1 aromatic heterocycles. The molecule has 0 unspecified atom stereocenters. The van der Waals surface area contributed by atoms with E-state index in [1.54, 1.807) is 31.4 Å². The number of methoxy groups -OCH3 is 1. The first-order valence-electron chi connectivity index (χ1n) is 12.2. The van der Waals surface area contributed by atoms with Gasteiger partial charge in [0.2, 0.25) is 0 Å². The number of H-pyrrole nitrogens is 1. The van der Waals surface area contributed by atoms with Crippen LogP contribution in [0.4, 0.5) is 5.69 Å². The van der Waals surface area contributed by atoms with Crippen molar-refractivity contribution in [2.75, 3.05) is 19.0 Å². The zero-order valence-electron chi connectivity index (χ0n) is 21.7.